The SMILES string of the molecule is CN1CCC(Oc2ccc(CNC(=O)COc3ccc(Br)cc3)cc2)CC1. The van der Waals surface area contributed by atoms with Gasteiger partial charge in [0.05, 0.1) is 0 Å². The summed E-state index contributed by atoms with van der Waals surface area (Å²) >= 11 is 3.37. The third-order valence-electron chi connectivity index (χ3n) is 4.56. The number of likely N-dealkylation sites (tertiary alicyclic amines) is 1. The number of nitrogens with zero attached hydrogens (tertiary/aromatic N) is 1. The van der Waals surface area contributed by atoms with E-state index in [1.165, 1.54) is 0 Å². The van der Waals surface area contributed by atoms with Crippen molar-refractivity contribution in [3.05, 3.63) is 58.6 Å². The summed E-state index contributed by atoms with van der Waals surface area (Å²) in [6.07, 6.45) is 2.42. The number of rotatable bonds is 7. The van der Waals surface area contributed by atoms with Gasteiger partial charge in [0, 0.05) is 24.1 Å². The highest BCUT2D eigenvalue weighted by Gasteiger charge is 2.17. The summed E-state index contributed by atoms with van der Waals surface area (Å²) in [7, 11) is 2.14. The van der Waals surface area contributed by atoms with Crippen LogP contribution < -0.4 is 14.8 Å². The predicted molar refractivity (Wildman–Crippen MR) is 109 cm³/mol. The lowest BCUT2D eigenvalue weighted by molar-refractivity contribution is -0.123. The molecule has 1 aliphatic rings. The Labute approximate surface area is 168 Å². The largest absolute Gasteiger partial charge is 0.490 e. The molecule has 1 heterocycles. The second kappa shape index (κ2) is 9.76. The summed E-state index contributed by atoms with van der Waals surface area (Å²) < 4.78 is 12.5. The van der Waals surface area contributed by atoms with Crippen LogP contribution in [0.4, 0.5) is 0 Å². The molecule has 0 spiro atoms. The first-order valence-electron chi connectivity index (χ1n) is 9.18. The molecule has 1 amide bonds. The maximum Gasteiger partial charge on any atom is 0.258 e. The second-order valence-electron chi connectivity index (χ2n) is 6.78. The van der Waals surface area contributed by atoms with E-state index < -0.39 is 0 Å². The first-order chi connectivity index (χ1) is 13.1. The van der Waals surface area contributed by atoms with Crippen molar-refractivity contribution in [2.45, 2.75) is 25.5 Å². The molecule has 2 aromatic carbocycles. The van der Waals surface area contributed by atoms with Gasteiger partial charge in [0.2, 0.25) is 0 Å². The van der Waals surface area contributed by atoms with Crippen molar-refractivity contribution in [3.8, 4) is 11.5 Å². The van der Waals surface area contributed by atoms with Gasteiger partial charge < -0.3 is 19.7 Å². The number of amides is 1. The fourth-order valence-electron chi connectivity index (χ4n) is 2.91. The standard InChI is InChI=1S/C21H25BrN2O3/c1-24-12-10-20(11-13-24)27-19-6-2-16(3-7-19)14-23-21(25)15-26-18-8-4-17(22)5-9-18/h2-9,20H,10-15H2,1H3,(H,23,25). The van der Waals surface area contributed by atoms with Crippen molar-refractivity contribution in [3.63, 3.8) is 0 Å². The highest BCUT2D eigenvalue weighted by molar-refractivity contribution is 9.10. The molecule has 0 saturated carbocycles. The summed E-state index contributed by atoms with van der Waals surface area (Å²) in [5.74, 6) is 1.41. The molecule has 5 nitrogen and oxygen atoms in total. The summed E-state index contributed by atoms with van der Waals surface area (Å²) in [5, 5.41) is 2.87. The van der Waals surface area contributed by atoms with E-state index >= 15 is 0 Å². The molecule has 27 heavy (non-hydrogen) atoms. The van der Waals surface area contributed by atoms with Gasteiger partial charge in [0.25, 0.3) is 5.91 Å². The average Bonchev–Trinajstić information content (AvgIpc) is 2.69. The Kier molecular flexibility index (Phi) is 7.12. The number of piperidine rings is 1. The molecular formula is C21H25BrN2O3. The molecule has 1 fully saturated rings. The molecule has 0 aliphatic carbocycles. The number of hydrogen-bond acceptors (Lipinski definition) is 4. The molecule has 6 heteroatoms. The van der Waals surface area contributed by atoms with Gasteiger partial charge in [-0.2, -0.15) is 0 Å². The number of benzene rings is 2. The lowest BCUT2D eigenvalue weighted by atomic mass is 10.1. The summed E-state index contributed by atoms with van der Waals surface area (Å²) in [4.78, 5) is 14.3. The summed E-state index contributed by atoms with van der Waals surface area (Å²) in [5.41, 5.74) is 1.03. The Morgan fingerprint density at radius 3 is 2.37 bits per heavy atom. The van der Waals surface area contributed by atoms with E-state index in [9.17, 15) is 4.79 Å². The lowest BCUT2D eigenvalue weighted by Crippen LogP contribution is -2.35. The van der Waals surface area contributed by atoms with Crippen LogP contribution in [0.1, 0.15) is 18.4 Å². The Balaban J connectivity index is 1.39. The normalized spacial score (nSPS) is 15.3. The third kappa shape index (κ3) is 6.56. The van der Waals surface area contributed by atoms with E-state index in [1.54, 1.807) is 0 Å². The minimum absolute atomic E-state index is 0.00104. The van der Waals surface area contributed by atoms with Crippen LogP contribution >= 0.6 is 15.9 Å². The van der Waals surface area contributed by atoms with Gasteiger partial charge in [-0.05, 0) is 61.9 Å². The monoisotopic (exact) mass is 432 g/mol. The zero-order valence-electron chi connectivity index (χ0n) is 15.5. The minimum atomic E-state index is -0.149. The van der Waals surface area contributed by atoms with Crippen molar-refractivity contribution >= 4 is 21.8 Å². The van der Waals surface area contributed by atoms with Crippen LogP contribution in [0.3, 0.4) is 0 Å². The molecule has 2 aromatic rings. The van der Waals surface area contributed by atoms with Crippen molar-refractivity contribution in [2.75, 3.05) is 26.7 Å². The van der Waals surface area contributed by atoms with Crippen LogP contribution in [0, 0.1) is 0 Å². The Morgan fingerprint density at radius 1 is 1.07 bits per heavy atom. The van der Waals surface area contributed by atoms with Gasteiger partial charge in [-0.15, -0.1) is 0 Å². The smallest absolute Gasteiger partial charge is 0.258 e. The van der Waals surface area contributed by atoms with Crippen LogP contribution in [0.2, 0.25) is 0 Å². The first-order valence-corrected chi connectivity index (χ1v) is 9.97. The van der Waals surface area contributed by atoms with Gasteiger partial charge in [-0.1, -0.05) is 28.1 Å². The fraction of sp³-hybridized carbons (Fsp3) is 0.381. The molecule has 1 saturated heterocycles. The molecule has 0 aromatic heterocycles. The number of carbonyl (C=O) groups excluding carboxylic acids is 1. The van der Waals surface area contributed by atoms with E-state index in [2.05, 4.69) is 33.2 Å². The van der Waals surface area contributed by atoms with Crippen molar-refractivity contribution in [2.24, 2.45) is 0 Å². The Hall–Kier alpha value is -2.05. The first kappa shape index (κ1) is 19.7. The maximum absolute atomic E-state index is 11.9. The molecular weight excluding hydrogens is 408 g/mol. The molecule has 0 radical (unpaired) electrons. The number of ether oxygens (including phenoxy) is 2. The number of hydrogen-bond donors (Lipinski definition) is 1. The number of halogens is 1. The van der Waals surface area contributed by atoms with E-state index in [1.807, 2.05) is 48.5 Å². The van der Waals surface area contributed by atoms with E-state index in [-0.39, 0.29) is 12.5 Å². The molecule has 1 aliphatic heterocycles. The quantitative estimate of drug-likeness (QED) is 0.725. The molecule has 0 unspecified atom stereocenters. The lowest BCUT2D eigenvalue weighted by Gasteiger charge is -2.29. The van der Waals surface area contributed by atoms with E-state index in [0.717, 1.165) is 41.7 Å². The van der Waals surface area contributed by atoms with Gasteiger partial charge >= 0.3 is 0 Å². The Bertz CT molecular complexity index is 726. The van der Waals surface area contributed by atoms with Crippen molar-refractivity contribution in [1.82, 2.24) is 10.2 Å². The highest BCUT2D eigenvalue weighted by Crippen LogP contribution is 2.19. The van der Waals surface area contributed by atoms with Gasteiger partial charge in [-0.25, -0.2) is 0 Å². The van der Waals surface area contributed by atoms with Crippen LogP contribution in [0.25, 0.3) is 0 Å². The van der Waals surface area contributed by atoms with E-state index in [0.29, 0.717) is 18.4 Å². The molecule has 144 valence electrons. The predicted octanol–water partition coefficient (Wildman–Crippen LogP) is 3.62. The number of carbonyl (C=O) groups is 1. The van der Waals surface area contributed by atoms with E-state index in [4.69, 9.17) is 9.47 Å². The summed E-state index contributed by atoms with van der Waals surface area (Å²) in [6, 6.07) is 15.3. The van der Waals surface area contributed by atoms with Crippen LogP contribution in [0.15, 0.2) is 53.0 Å². The number of nitrogens with one attached hydrogen (secondary N) is 1. The van der Waals surface area contributed by atoms with Gasteiger partial charge in [0.1, 0.15) is 17.6 Å². The molecule has 0 bridgehead atoms. The van der Waals surface area contributed by atoms with Gasteiger partial charge in [0.15, 0.2) is 6.61 Å². The topological polar surface area (TPSA) is 50.8 Å². The zero-order chi connectivity index (χ0) is 19.1. The zero-order valence-corrected chi connectivity index (χ0v) is 17.1. The van der Waals surface area contributed by atoms with Gasteiger partial charge in [-0.3, -0.25) is 4.79 Å². The fourth-order valence-corrected chi connectivity index (χ4v) is 3.18. The third-order valence-corrected chi connectivity index (χ3v) is 5.09. The molecule has 3 rings (SSSR count). The molecule has 1 N–H and O–H groups in total. The van der Waals surface area contributed by atoms with Crippen molar-refractivity contribution in [1.29, 1.82) is 0 Å². The van der Waals surface area contributed by atoms with Crippen LogP contribution in [0.5, 0.6) is 11.5 Å². The minimum Gasteiger partial charge on any atom is -0.490 e. The highest BCUT2D eigenvalue weighted by atomic mass is 79.9. The van der Waals surface area contributed by atoms with Crippen LogP contribution in [-0.2, 0) is 11.3 Å². The second-order valence-corrected chi connectivity index (χ2v) is 7.70. The summed E-state index contributed by atoms with van der Waals surface area (Å²) in [6.45, 7) is 2.63. The average molecular weight is 433 g/mol. The van der Waals surface area contributed by atoms with Crippen molar-refractivity contribution < 1.29 is 14.3 Å². The van der Waals surface area contributed by atoms with Crippen LogP contribution in [-0.4, -0.2) is 43.7 Å². The Morgan fingerprint density at radius 2 is 1.70 bits per heavy atom. The maximum atomic E-state index is 11.9. The molecule has 0 atom stereocenters.